The summed E-state index contributed by atoms with van der Waals surface area (Å²) in [5, 5.41) is 3.63. The first-order valence-electron chi connectivity index (χ1n) is 7.78. The summed E-state index contributed by atoms with van der Waals surface area (Å²) in [6.45, 7) is 1.64. The van der Waals surface area contributed by atoms with Gasteiger partial charge in [-0.25, -0.2) is 0 Å². The van der Waals surface area contributed by atoms with E-state index in [-0.39, 0.29) is 6.04 Å². The summed E-state index contributed by atoms with van der Waals surface area (Å²) in [5.74, 6) is 1.55. The Morgan fingerprint density at radius 1 is 0.957 bits per heavy atom. The van der Waals surface area contributed by atoms with Gasteiger partial charge in [-0.05, 0) is 25.7 Å². The van der Waals surface area contributed by atoms with E-state index in [2.05, 4.69) is 54.6 Å². The minimum Gasteiger partial charge on any atom is -0.493 e. The Hall–Kier alpha value is -2.04. The van der Waals surface area contributed by atoms with E-state index in [1.54, 1.807) is 14.2 Å². The molecule has 1 atom stereocenters. The molecule has 4 heteroatoms. The van der Waals surface area contributed by atoms with E-state index >= 15 is 0 Å². The molecule has 23 heavy (non-hydrogen) atoms. The highest BCUT2D eigenvalue weighted by Gasteiger charge is 2.14. The number of para-hydroxylation sites is 1. The van der Waals surface area contributed by atoms with E-state index in [0.717, 1.165) is 23.6 Å². The number of methoxy groups -OCH3 is 2. The molecule has 0 aromatic heterocycles. The van der Waals surface area contributed by atoms with Crippen molar-refractivity contribution in [3.8, 4) is 11.5 Å². The Morgan fingerprint density at radius 3 is 2.30 bits per heavy atom. The van der Waals surface area contributed by atoms with E-state index in [4.69, 9.17) is 9.47 Å². The maximum atomic E-state index is 5.51. The molecule has 0 aliphatic heterocycles. The van der Waals surface area contributed by atoms with Crippen LogP contribution in [0.25, 0.3) is 0 Å². The average Bonchev–Trinajstić information content (AvgIpc) is 2.58. The van der Waals surface area contributed by atoms with Gasteiger partial charge in [-0.15, -0.1) is 0 Å². The molecule has 0 aliphatic rings. The molecule has 0 bridgehead atoms. The number of ether oxygens (including phenoxy) is 2. The molecule has 0 aliphatic carbocycles. The van der Waals surface area contributed by atoms with Crippen molar-refractivity contribution >= 4 is 0 Å². The molecule has 0 radical (unpaired) electrons. The molecule has 2 aromatic rings. The molecular formula is C19H26N2O2. The maximum Gasteiger partial charge on any atom is 0.165 e. The smallest absolute Gasteiger partial charge is 0.165 e. The van der Waals surface area contributed by atoms with Crippen LogP contribution >= 0.6 is 0 Å². The average molecular weight is 314 g/mol. The Morgan fingerprint density at radius 2 is 1.70 bits per heavy atom. The molecular weight excluding hydrogens is 288 g/mol. The standard InChI is InChI=1S/C19H26N2O2/c1-21(2)14-17(15-9-6-5-7-10-15)20-13-16-11-8-12-18(22-3)19(16)23-4/h5-12,17,20H,13-14H2,1-4H3. The normalized spacial score (nSPS) is 12.2. The number of likely N-dealkylation sites (N-methyl/N-ethyl adjacent to an activating group) is 1. The molecule has 0 fully saturated rings. The summed E-state index contributed by atoms with van der Waals surface area (Å²) < 4.78 is 10.9. The molecule has 0 saturated carbocycles. The highest BCUT2D eigenvalue weighted by Crippen LogP contribution is 2.31. The molecule has 0 heterocycles. The van der Waals surface area contributed by atoms with Gasteiger partial charge in [0.15, 0.2) is 11.5 Å². The number of benzene rings is 2. The summed E-state index contributed by atoms with van der Waals surface area (Å²) >= 11 is 0. The van der Waals surface area contributed by atoms with Gasteiger partial charge < -0.3 is 19.7 Å². The van der Waals surface area contributed by atoms with E-state index < -0.39 is 0 Å². The third kappa shape index (κ3) is 4.71. The lowest BCUT2D eigenvalue weighted by Gasteiger charge is -2.23. The second kappa shape index (κ2) is 8.56. The summed E-state index contributed by atoms with van der Waals surface area (Å²) in [7, 11) is 7.51. The third-order valence-corrected chi connectivity index (χ3v) is 3.77. The molecule has 0 saturated heterocycles. The van der Waals surface area contributed by atoms with E-state index in [0.29, 0.717) is 6.54 Å². The largest absolute Gasteiger partial charge is 0.493 e. The quantitative estimate of drug-likeness (QED) is 0.812. The monoisotopic (exact) mass is 314 g/mol. The summed E-state index contributed by atoms with van der Waals surface area (Å²) in [6, 6.07) is 16.7. The highest BCUT2D eigenvalue weighted by atomic mass is 16.5. The van der Waals surface area contributed by atoms with Gasteiger partial charge in [0.05, 0.1) is 14.2 Å². The summed E-state index contributed by atoms with van der Waals surface area (Å²) in [6.07, 6.45) is 0. The lowest BCUT2D eigenvalue weighted by molar-refractivity contribution is 0.333. The fourth-order valence-corrected chi connectivity index (χ4v) is 2.66. The van der Waals surface area contributed by atoms with E-state index in [1.165, 1.54) is 5.56 Å². The zero-order chi connectivity index (χ0) is 16.7. The summed E-state index contributed by atoms with van der Waals surface area (Å²) in [4.78, 5) is 2.19. The predicted octanol–water partition coefficient (Wildman–Crippen LogP) is 3.10. The Labute approximate surface area is 139 Å². The van der Waals surface area contributed by atoms with Crippen LogP contribution in [0, 0.1) is 0 Å². The van der Waals surface area contributed by atoms with Crippen LogP contribution in [0.5, 0.6) is 11.5 Å². The van der Waals surface area contributed by atoms with Crippen LogP contribution in [0.4, 0.5) is 0 Å². The molecule has 124 valence electrons. The van der Waals surface area contributed by atoms with Gasteiger partial charge in [0, 0.05) is 24.7 Å². The van der Waals surface area contributed by atoms with Crippen LogP contribution in [0.15, 0.2) is 48.5 Å². The molecule has 1 unspecified atom stereocenters. The molecule has 2 rings (SSSR count). The van der Waals surface area contributed by atoms with Crippen LogP contribution < -0.4 is 14.8 Å². The van der Waals surface area contributed by atoms with Crippen LogP contribution in [0.2, 0.25) is 0 Å². The number of nitrogens with zero attached hydrogens (tertiary/aromatic N) is 1. The fraction of sp³-hybridized carbons (Fsp3) is 0.368. The van der Waals surface area contributed by atoms with Gasteiger partial charge in [0.1, 0.15) is 0 Å². The van der Waals surface area contributed by atoms with Crippen LogP contribution in [0.3, 0.4) is 0 Å². The predicted molar refractivity (Wildman–Crippen MR) is 94.1 cm³/mol. The lowest BCUT2D eigenvalue weighted by Crippen LogP contribution is -2.31. The van der Waals surface area contributed by atoms with Gasteiger partial charge in [-0.3, -0.25) is 0 Å². The molecule has 2 aromatic carbocycles. The Bertz CT molecular complexity index is 600. The first-order valence-corrected chi connectivity index (χ1v) is 7.78. The van der Waals surface area contributed by atoms with Crippen LogP contribution in [0.1, 0.15) is 17.2 Å². The zero-order valence-electron chi connectivity index (χ0n) is 14.4. The van der Waals surface area contributed by atoms with Crippen molar-refractivity contribution in [1.82, 2.24) is 10.2 Å². The van der Waals surface area contributed by atoms with Crippen molar-refractivity contribution in [2.24, 2.45) is 0 Å². The Kier molecular flexibility index (Phi) is 6.44. The van der Waals surface area contributed by atoms with Gasteiger partial charge in [0.25, 0.3) is 0 Å². The second-order valence-corrected chi connectivity index (χ2v) is 5.76. The summed E-state index contributed by atoms with van der Waals surface area (Å²) in [5.41, 5.74) is 2.37. The van der Waals surface area contributed by atoms with Crippen molar-refractivity contribution in [3.63, 3.8) is 0 Å². The highest BCUT2D eigenvalue weighted by molar-refractivity contribution is 5.46. The SMILES string of the molecule is COc1cccc(CNC(CN(C)C)c2ccccc2)c1OC. The second-order valence-electron chi connectivity index (χ2n) is 5.76. The maximum absolute atomic E-state index is 5.51. The first-order chi connectivity index (χ1) is 11.2. The van der Waals surface area contributed by atoms with Crippen molar-refractivity contribution in [2.45, 2.75) is 12.6 Å². The minimum atomic E-state index is 0.252. The molecule has 4 nitrogen and oxygen atoms in total. The zero-order valence-corrected chi connectivity index (χ0v) is 14.4. The van der Waals surface area contributed by atoms with Gasteiger partial charge in [-0.2, -0.15) is 0 Å². The molecule has 0 amide bonds. The van der Waals surface area contributed by atoms with Gasteiger partial charge >= 0.3 is 0 Å². The van der Waals surface area contributed by atoms with Crippen LogP contribution in [-0.4, -0.2) is 39.8 Å². The number of hydrogen-bond acceptors (Lipinski definition) is 4. The van der Waals surface area contributed by atoms with Crippen molar-refractivity contribution < 1.29 is 9.47 Å². The topological polar surface area (TPSA) is 33.7 Å². The van der Waals surface area contributed by atoms with Crippen LogP contribution in [-0.2, 0) is 6.54 Å². The van der Waals surface area contributed by atoms with Gasteiger partial charge in [0.2, 0.25) is 0 Å². The third-order valence-electron chi connectivity index (χ3n) is 3.77. The Balaban J connectivity index is 2.16. The molecule has 0 spiro atoms. The fourth-order valence-electron chi connectivity index (χ4n) is 2.66. The molecule has 1 N–H and O–H groups in total. The van der Waals surface area contributed by atoms with E-state index in [1.807, 2.05) is 18.2 Å². The number of nitrogens with one attached hydrogen (secondary N) is 1. The van der Waals surface area contributed by atoms with Gasteiger partial charge in [-0.1, -0.05) is 42.5 Å². The van der Waals surface area contributed by atoms with Crippen molar-refractivity contribution in [3.05, 3.63) is 59.7 Å². The van der Waals surface area contributed by atoms with E-state index in [9.17, 15) is 0 Å². The minimum absolute atomic E-state index is 0.252. The van der Waals surface area contributed by atoms with Crippen molar-refractivity contribution in [1.29, 1.82) is 0 Å². The first kappa shape index (κ1) is 17.3. The number of rotatable bonds is 8. The number of hydrogen-bond donors (Lipinski definition) is 1. The van der Waals surface area contributed by atoms with Crippen molar-refractivity contribution in [2.75, 3.05) is 34.9 Å². The lowest BCUT2D eigenvalue weighted by atomic mass is 10.1.